The number of aliphatic imine (C=N–C) groups is 1. The van der Waals surface area contributed by atoms with Crippen molar-refractivity contribution in [2.75, 3.05) is 5.32 Å². The monoisotopic (exact) mass is 406 g/mol. The molecule has 0 aromatic heterocycles. The van der Waals surface area contributed by atoms with Crippen molar-refractivity contribution in [2.45, 2.75) is 6.42 Å². The summed E-state index contributed by atoms with van der Waals surface area (Å²) in [4.78, 5) is 15.1. The fourth-order valence-electron chi connectivity index (χ4n) is 2.79. The van der Waals surface area contributed by atoms with Gasteiger partial charge in [0, 0.05) is 23.5 Å². The molecule has 0 bridgehead atoms. The molecular weight excluding hydrogens is 388 g/mol. The fourth-order valence-corrected chi connectivity index (χ4v) is 2.91. The van der Waals surface area contributed by atoms with Gasteiger partial charge >= 0.3 is 5.69 Å². The van der Waals surface area contributed by atoms with E-state index in [-0.39, 0.29) is 16.4 Å². The standard InChI is InChI=1S/C21H18N4O3S/c22-21(29)24-18-8-6-17(7-9-18)23-13-16-11-15(10-14-4-2-1-3-5-14)12-19(20(16)26)25(27)28/h1-9,11-13,26H,10H2,(H3,22,24,29). The van der Waals surface area contributed by atoms with Gasteiger partial charge in [-0.3, -0.25) is 15.1 Å². The molecule has 3 rings (SSSR count). The van der Waals surface area contributed by atoms with Crippen LogP contribution in [0, 0.1) is 10.1 Å². The minimum absolute atomic E-state index is 0.161. The van der Waals surface area contributed by atoms with Crippen molar-refractivity contribution < 1.29 is 10.0 Å². The maximum absolute atomic E-state index is 11.4. The van der Waals surface area contributed by atoms with Crippen LogP contribution >= 0.6 is 12.2 Å². The molecule has 0 unspecified atom stereocenters. The van der Waals surface area contributed by atoms with Crippen LogP contribution in [0.4, 0.5) is 17.1 Å². The Morgan fingerprint density at radius 3 is 2.45 bits per heavy atom. The third-order valence-electron chi connectivity index (χ3n) is 4.11. The highest BCUT2D eigenvalue weighted by atomic mass is 32.1. The van der Waals surface area contributed by atoms with Crippen molar-refractivity contribution in [2.24, 2.45) is 10.7 Å². The van der Waals surface area contributed by atoms with E-state index < -0.39 is 10.7 Å². The molecule has 0 saturated carbocycles. The maximum atomic E-state index is 11.4. The van der Waals surface area contributed by atoms with Gasteiger partial charge in [0.1, 0.15) is 0 Å². The molecule has 0 saturated heterocycles. The van der Waals surface area contributed by atoms with E-state index in [0.717, 1.165) is 11.3 Å². The second kappa shape index (κ2) is 8.94. The number of aromatic hydroxyl groups is 1. The van der Waals surface area contributed by atoms with E-state index in [2.05, 4.69) is 10.3 Å². The third-order valence-corrected chi connectivity index (χ3v) is 4.22. The van der Waals surface area contributed by atoms with E-state index in [0.29, 0.717) is 17.7 Å². The summed E-state index contributed by atoms with van der Waals surface area (Å²) in [6.45, 7) is 0. The molecule has 0 aliphatic carbocycles. The highest BCUT2D eigenvalue weighted by molar-refractivity contribution is 7.80. The summed E-state index contributed by atoms with van der Waals surface area (Å²) in [7, 11) is 0. The quantitative estimate of drug-likeness (QED) is 0.243. The zero-order chi connectivity index (χ0) is 20.8. The number of hydrogen-bond donors (Lipinski definition) is 3. The molecule has 4 N–H and O–H groups in total. The van der Waals surface area contributed by atoms with Gasteiger partial charge in [0.05, 0.1) is 10.6 Å². The Morgan fingerprint density at radius 2 is 1.83 bits per heavy atom. The van der Waals surface area contributed by atoms with E-state index in [9.17, 15) is 15.2 Å². The van der Waals surface area contributed by atoms with Gasteiger partial charge in [-0.1, -0.05) is 30.3 Å². The number of nitrogens with one attached hydrogen (secondary N) is 1. The van der Waals surface area contributed by atoms with Crippen LogP contribution in [-0.2, 0) is 6.42 Å². The Morgan fingerprint density at radius 1 is 1.14 bits per heavy atom. The predicted octanol–water partition coefficient (Wildman–Crippen LogP) is 4.30. The fraction of sp³-hybridized carbons (Fsp3) is 0.0476. The van der Waals surface area contributed by atoms with Crippen molar-refractivity contribution in [1.29, 1.82) is 0 Å². The number of nitrogens with two attached hydrogens (primary N) is 1. The van der Waals surface area contributed by atoms with E-state index >= 15 is 0 Å². The first kappa shape index (κ1) is 20.0. The largest absolute Gasteiger partial charge is 0.502 e. The number of rotatable bonds is 6. The second-order valence-electron chi connectivity index (χ2n) is 6.27. The van der Waals surface area contributed by atoms with Gasteiger partial charge in [0.15, 0.2) is 5.11 Å². The molecule has 29 heavy (non-hydrogen) atoms. The number of nitrogens with zero attached hydrogens (tertiary/aromatic N) is 2. The number of nitro groups is 1. The molecule has 146 valence electrons. The summed E-state index contributed by atoms with van der Waals surface area (Å²) < 4.78 is 0. The zero-order valence-corrected chi connectivity index (χ0v) is 16.1. The molecular formula is C21H18N4O3S. The summed E-state index contributed by atoms with van der Waals surface area (Å²) in [5.41, 5.74) is 8.40. The molecule has 3 aromatic carbocycles. The average molecular weight is 406 g/mol. The SMILES string of the molecule is NC(=S)Nc1ccc(N=Cc2cc(Cc3ccccc3)cc([N+](=O)[O-])c2O)cc1. The number of hydrogen-bond acceptors (Lipinski definition) is 5. The van der Waals surface area contributed by atoms with Gasteiger partial charge in [0.25, 0.3) is 0 Å². The maximum Gasteiger partial charge on any atom is 0.311 e. The predicted molar refractivity (Wildman–Crippen MR) is 118 cm³/mol. The number of thiocarbonyl (C=S) groups is 1. The van der Waals surface area contributed by atoms with Crippen LogP contribution in [-0.4, -0.2) is 21.4 Å². The number of phenolic OH excluding ortho intramolecular Hbond substituents is 1. The summed E-state index contributed by atoms with van der Waals surface area (Å²) in [6, 6.07) is 19.6. The Kier molecular flexibility index (Phi) is 6.16. The molecule has 0 heterocycles. The van der Waals surface area contributed by atoms with Crippen molar-refractivity contribution in [1.82, 2.24) is 0 Å². The van der Waals surface area contributed by atoms with Gasteiger partial charge in [-0.2, -0.15) is 0 Å². The molecule has 3 aromatic rings. The van der Waals surface area contributed by atoms with Crippen LogP contribution in [0.2, 0.25) is 0 Å². The van der Waals surface area contributed by atoms with Gasteiger partial charge in [-0.05, 0) is 60.1 Å². The first-order chi connectivity index (χ1) is 13.9. The topological polar surface area (TPSA) is 114 Å². The second-order valence-corrected chi connectivity index (χ2v) is 6.71. The minimum Gasteiger partial charge on any atom is -0.502 e. The summed E-state index contributed by atoms with van der Waals surface area (Å²) in [5, 5.41) is 24.6. The Bertz CT molecular complexity index is 1070. The van der Waals surface area contributed by atoms with Crippen molar-refractivity contribution in [3.05, 3.63) is 93.5 Å². The van der Waals surface area contributed by atoms with E-state index in [4.69, 9.17) is 18.0 Å². The number of benzene rings is 3. The van der Waals surface area contributed by atoms with Crippen molar-refractivity contribution in [3.8, 4) is 5.75 Å². The van der Waals surface area contributed by atoms with Crippen LogP contribution in [0.25, 0.3) is 0 Å². The Labute approximate surface area is 172 Å². The lowest BCUT2D eigenvalue weighted by Gasteiger charge is -2.07. The van der Waals surface area contributed by atoms with Gasteiger partial charge < -0.3 is 16.2 Å². The third kappa shape index (κ3) is 5.36. The summed E-state index contributed by atoms with van der Waals surface area (Å²) in [6.07, 6.45) is 1.91. The van der Waals surface area contributed by atoms with Crippen molar-refractivity contribution >= 4 is 40.6 Å². The van der Waals surface area contributed by atoms with E-state index in [1.165, 1.54) is 12.3 Å². The van der Waals surface area contributed by atoms with Crippen LogP contribution in [0.3, 0.4) is 0 Å². The highest BCUT2D eigenvalue weighted by Gasteiger charge is 2.18. The zero-order valence-electron chi connectivity index (χ0n) is 15.3. The van der Waals surface area contributed by atoms with Crippen molar-refractivity contribution in [3.63, 3.8) is 0 Å². The first-order valence-electron chi connectivity index (χ1n) is 8.67. The van der Waals surface area contributed by atoms with Crippen LogP contribution in [0.5, 0.6) is 5.75 Å². The molecule has 8 heteroatoms. The lowest BCUT2D eigenvalue weighted by molar-refractivity contribution is -0.385. The number of anilines is 1. The Balaban J connectivity index is 1.89. The van der Waals surface area contributed by atoms with Gasteiger partial charge in [-0.15, -0.1) is 0 Å². The lowest BCUT2D eigenvalue weighted by Crippen LogP contribution is -2.18. The average Bonchev–Trinajstić information content (AvgIpc) is 2.69. The summed E-state index contributed by atoms with van der Waals surface area (Å²) >= 11 is 4.79. The molecule has 0 radical (unpaired) electrons. The minimum atomic E-state index is -0.600. The first-order valence-corrected chi connectivity index (χ1v) is 9.08. The molecule has 0 fully saturated rings. The smallest absolute Gasteiger partial charge is 0.311 e. The van der Waals surface area contributed by atoms with Crippen LogP contribution < -0.4 is 11.1 Å². The summed E-state index contributed by atoms with van der Waals surface area (Å²) in [5.74, 6) is -0.415. The molecule has 0 amide bonds. The normalized spacial score (nSPS) is 10.8. The van der Waals surface area contributed by atoms with Gasteiger partial charge in [0.2, 0.25) is 5.75 Å². The molecule has 0 atom stereocenters. The molecule has 0 aliphatic rings. The molecule has 7 nitrogen and oxygen atoms in total. The highest BCUT2D eigenvalue weighted by Crippen LogP contribution is 2.31. The van der Waals surface area contributed by atoms with Crippen LogP contribution in [0.15, 0.2) is 71.7 Å². The van der Waals surface area contributed by atoms with Crippen LogP contribution in [0.1, 0.15) is 16.7 Å². The Hall–Kier alpha value is -3.78. The molecule has 0 aliphatic heterocycles. The lowest BCUT2D eigenvalue weighted by atomic mass is 10.0. The molecule has 0 spiro atoms. The van der Waals surface area contributed by atoms with E-state index in [1.54, 1.807) is 30.3 Å². The number of phenols is 1. The van der Waals surface area contributed by atoms with E-state index in [1.807, 2.05) is 30.3 Å². The number of nitro benzene ring substituents is 1. The van der Waals surface area contributed by atoms with Gasteiger partial charge in [-0.25, -0.2) is 0 Å².